The summed E-state index contributed by atoms with van der Waals surface area (Å²) >= 11 is 0. The van der Waals surface area contributed by atoms with E-state index in [0.717, 1.165) is 69.4 Å². The normalized spacial score (nSPS) is 17.9. The summed E-state index contributed by atoms with van der Waals surface area (Å²) in [6.45, 7) is 6.26. The van der Waals surface area contributed by atoms with Crippen LogP contribution in [0.4, 0.5) is 23.5 Å². The minimum absolute atomic E-state index is 0.522. The summed E-state index contributed by atoms with van der Waals surface area (Å²) < 4.78 is 2.00. The van der Waals surface area contributed by atoms with Gasteiger partial charge in [-0.05, 0) is 43.0 Å². The van der Waals surface area contributed by atoms with Gasteiger partial charge in [-0.3, -0.25) is 4.68 Å². The van der Waals surface area contributed by atoms with E-state index in [1.807, 2.05) is 35.5 Å². The Morgan fingerprint density at radius 1 is 0.868 bits per heavy atom. The molecule has 3 aromatic heterocycles. The number of nitrogens with zero attached hydrogens (tertiary/aromatic N) is 9. The molecule has 1 unspecified atom stereocenters. The van der Waals surface area contributed by atoms with Gasteiger partial charge in [-0.15, -0.1) is 0 Å². The maximum Gasteiger partial charge on any atom is 0.232 e. The Morgan fingerprint density at radius 2 is 1.66 bits per heavy atom. The molecule has 2 saturated heterocycles. The molecule has 5 heterocycles. The molecule has 0 bridgehead atoms. The highest BCUT2D eigenvalue weighted by molar-refractivity contribution is 5.51. The second-order valence-corrected chi connectivity index (χ2v) is 9.93. The first-order valence-corrected chi connectivity index (χ1v) is 13.3. The van der Waals surface area contributed by atoms with Crippen LogP contribution in [0.1, 0.15) is 24.0 Å². The molecule has 196 valence electrons. The van der Waals surface area contributed by atoms with Crippen molar-refractivity contribution in [3.8, 4) is 0 Å². The van der Waals surface area contributed by atoms with Crippen LogP contribution >= 0.6 is 0 Å². The second-order valence-electron chi connectivity index (χ2n) is 9.93. The fourth-order valence-electron chi connectivity index (χ4n) is 5.04. The summed E-state index contributed by atoms with van der Waals surface area (Å²) in [4.78, 5) is 27.0. The van der Waals surface area contributed by atoms with Crippen LogP contribution in [0.3, 0.4) is 0 Å². The molecule has 0 spiro atoms. The predicted molar refractivity (Wildman–Crippen MR) is 147 cm³/mol. The number of piperazine rings is 1. The van der Waals surface area contributed by atoms with Crippen molar-refractivity contribution >= 4 is 23.5 Å². The number of nitrogens with one attached hydrogen (secondary N) is 2. The Bertz CT molecular complexity index is 1290. The molecule has 11 nitrogen and oxygen atoms in total. The van der Waals surface area contributed by atoms with Gasteiger partial charge in [0.05, 0.1) is 11.9 Å². The quantitative estimate of drug-likeness (QED) is 0.366. The second kappa shape index (κ2) is 11.5. The molecule has 0 saturated carbocycles. The minimum atomic E-state index is 0.522. The van der Waals surface area contributed by atoms with Crippen LogP contribution in [0.25, 0.3) is 0 Å². The third-order valence-electron chi connectivity index (χ3n) is 7.08. The standard InChI is InChI=1S/C27H33N11/c1-2-5-21(6-3-1)13-23-15-29-26(30-16-23)36-9-11-37(12-10-36)27-32-20-31-25(35-27)34-24-17-33-38(19-24)18-22-7-4-8-28-14-22/h1-3,5-6,15-17,19-20,22,28H,4,7-14,18H2,(H,31,32,34,35). The Labute approximate surface area is 222 Å². The lowest BCUT2D eigenvalue weighted by Gasteiger charge is -2.34. The molecule has 6 rings (SSSR count). The van der Waals surface area contributed by atoms with Gasteiger partial charge in [-0.25, -0.2) is 19.9 Å². The Kier molecular flexibility index (Phi) is 7.34. The highest BCUT2D eigenvalue weighted by Gasteiger charge is 2.21. The zero-order valence-corrected chi connectivity index (χ0v) is 21.4. The SMILES string of the molecule is c1ccc(Cc2cnc(N3CCN(c4ncnc(Nc5cnn(CC6CCCNC6)c5)n4)CC3)nc2)cc1. The molecule has 38 heavy (non-hydrogen) atoms. The van der Waals surface area contributed by atoms with Gasteiger partial charge in [0.25, 0.3) is 0 Å². The van der Waals surface area contributed by atoms with Crippen molar-refractivity contribution < 1.29 is 0 Å². The first-order chi connectivity index (χ1) is 18.8. The van der Waals surface area contributed by atoms with E-state index < -0.39 is 0 Å². The maximum absolute atomic E-state index is 4.66. The van der Waals surface area contributed by atoms with E-state index in [1.165, 1.54) is 18.4 Å². The third kappa shape index (κ3) is 6.05. The Hall–Kier alpha value is -4.12. The monoisotopic (exact) mass is 511 g/mol. The topological polar surface area (TPSA) is 113 Å². The number of hydrogen-bond donors (Lipinski definition) is 2. The summed E-state index contributed by atoms with van der Waals surface area (Å²) in [7, 11) is 0. The zero-order chi connectivity index (χ0) is 25.6. The molecule has 4 aromatic rings. The summed E-state index contributed by atoms with van der Waals surface area (Å²) in [5.74, 6) is 2.58. The highest BCUT2D eigenvalue weighted by atomic mass is 15.4. The van der Waals surface area contributed by atoms with Crippen molar-refractivity contribution in [1.29, 1.82) is 0 Å². The third-order valence-corrected chi connectivity index (χ3v) is 7.08. The van der Waals surface area contributed by atoms with Crippen molar-refractivity contribution in [3.05, 3.63) is 72.6 Å². The number of anilines is 4. The largest absolute Gasteiger partial charge is 0.337 e. The van der Waals surface area contributed by atoms with Crippen LogP contribution in [-0.2, 0) is 13.0 Å². The lowest BCUT2D eigenvalue weighted by Crippen LogP contribution is -2.47. The van der Waals surface area contributed by atoms with Gasteiger partial charge >= 0.3 is 0 Å². The molecule has 2 fully saturated rings. The van der Waals surface area contributed by atoms with Crippen molar-refractivity contribution in [3.63, 3.8) is 0 Å². The van der Waals surface area contributed by atoms with E-state index >= 15 is 0 Å². The van der Waals surface area contributed by atoms with Gasteiger partial charge in [-0.1, -0.05) is 30.3 Å². The average molecular weight is 512 g/mol. The van der Waals surface area contributed by atoms with Crippen molar-refractivity contribution in [1.82, 2.24) is 40.0 Å². The average Bonchev–Trinajstić information content (AvgIpc) is 3.41. The van der Waals surface area contributed by atoms with Crippen molar-refractivity contribution in [2.75, 3.05) is 54.4 Å². The molecule has 2 aliphatic heterocycles. The van der Waals surface area contributed by atoms with Crippen LogP contribution in [0.15, 0.2) is 61.4 Å². The minimum Gasteiger partial charge on any atom is -0.337 e. The van der Waals surface area contributed by atoms with E-state index in [9.17, 15) is 0 Å². The van der Waals surface area contributed by atoms with Gasteiger partial charge in [0.15, 0.2) is 0 Å². The van der Waals surface area contributed by atoms with Gasteiger partial charge < -0.3 is 20.4 Å². The summed E-state index contributed by atoms with van der Waals surface area (Å²) in [5.41, 5.74) is 3.25. The number of hydrogen-bond acceptors (Lipinski definition) is 10. The molecule has 0 aliphatic carbocycles. The molecule has 0 amide bonds. The maximum atomic E-state index is 4.66. The lowest BCUT2D eigenvalue weighted by atomic mass is 10.00. The number of piperidine rings is 1. The molecule has 11 heteroatoms. The van der Waals surface area contributed by atoms with Crippen LogP contribution in [0, 0.1) is 5.92 Å². The Balaban J connectivity index is 1.02. The fourth-order valence-corrected chi connectivity index (χ4v) is 5.04. The first-order valence-electron chi connectivity index (χ1n) is 13.3. The highest BCUT2D eigenvalue weighted by Crippen LogP contribution is 2.19. The molecule has 2 N–H and O–H groups in total. The Morgan fingerprint density at radius 3 is 2.42 bits per heavy atom. The summed E-state index contributed by atoms with van der Waals surface area (Å²) in [5, 5.41) is 11.3. The van der Waals surface area contributed by atoms with E-state index in [4.69, 9.17) is 0 Å². The fraction of sp³-hybridized carbons (Fsp3) is 0.407. The number of rotatable bonds is 8. The van der Waals surface area contributed by atoms with Crippen molar-refractivity contribution in [2.24, 2.45) is 5.92 Å². The first kappa shape index (κ1) is 24.2. The van der Waals surface area contributed by atoms with E-state index in [-0.39, 0.29) is 0 Å². The molecule has 1 aromatic carbocycles. The molecular formula is C27H33N11. The molecule has 0 radical (unpaired) electrons. The van der Waals surface area contributed by atoms with E-state index in [0.29, 0.717) is 17.8 Å². The van der Waals surface area contributed by atoms with Crippen molar-refractivity contribution in [2.45, 2.75) is 25.8 Å². The van der Waals surface area contributed by atoms with Gasteiger partial charge in [-0.2, -0.15) is 10.1 Å². The van der Waals surface area contributed by atoms with Gasteiger partial charge in [0.1, 0.15) is 6.33 Å². The molecule has 2 aliphatic rings. The smallest absolute Gasteiger partial charge is 0.232 e. The lowest BCUT2D eigenvalue weighted by molar-refractivity contribution is 0.325. The van der Waals surface area contributed by atoms with Gasteiger partial charge in [0, 0.05) is 57.7 Å². The van der Waals surface area contributed by atoms with Crippen LogP contribution in [0.2, 0.25) is 0 Å². The number of aromatic nitrogens is 7. The van der Waals surface area contributed by atoms with E-state index in [1.54, 1.807) is 6.33 Å². The van der Waals surface area contributed by atoms with Crippen LogP contribution < -0.4 is 20.4 Å². The predicted octanol–water partition coefficient (Wildman–Crippen LogP) is 2.52. The van der Waals surface area contributed by atoms with Crippen LogP contribution in [-0.4, -0.2) is 74.0 Å². The van der Waals surface area contributed by atoms with E-state index in [2.05, 4.69) is 74.7 Å². The molecule has 1 atom stereocenters. The van der Waals surface area contributed by atoms with Gasteiger partial charge in [0.2, 0.25) is 17.8 Å². The summed E-state index contributed by atoms with van der Waals surface area (Å²) in [6.07, 6.45) is 12.6. The summed E-state index contributed by atoms with van der Waals surface area (Å²) in [6, 6.07) is 10.4. The number of benzene rings is 1. The zero-order valence-electron chi connectivity index (χ0n) is 21.4. The van der Waals surface area contributed by atoms with Crippen LogP contribution in [0.5, 0.6) is 0 Å². The molecular weight excluding hydrogens is 478 g/mol.